The predicted octanol–water partition coefficient (Wildman–Crippen LogP) is -0.809. The monoisotopic (exact) mass is 231 g/mol. The van der Waals surface area contributed by atoms with Crippen molar-refractivity contribution in [1.29, 1.82) is 0 Å². The smallest absolute Gasteiger partial charge is 0.323 e. The third-order valence-electron chi connectivity index (χ3n) is 1.96. The van der Waals surface area contributed by atoms with Crippen LogP contribution >= 0.6 is 0 Å². The minimum atomic E-state index is -1.09. The summed E-state index contributed by atoms with van der Waals surface area (Å²) >= 11 is 0. The fraction of sp³-hybridized carbons (Fsp3) is 0.667. The van der Waals surface area contributed by atoms with Gasteiger partial charge in [-0.2, -0.15) is 0 Å². The second-order valence-electron chi connectivity index (χ2n) is 3.22. The molecule has 0 atom stereocenters. The Bertz CT molecular complexity index is 280. The molecule has 0 fully saturated rings. The lowest BCUT2D eigenvalue weighted by molar-refractivity contribution is -0.137. The van der Waals surface area contributed by atoms with E-state index in [0.29, 0.717) is 6.54 Å². The van der Waals surface area contributed by atoms with Crippen LogP contribution in [0.3, 0.4) is 0 Å². The molecular formula is C9H17N3O4. The Morgan fingerprint density at radius 2 is 1.81 bits per heavy atom. The molecule has 7 heteroatoms. The SMILES string of the molecule is CCN(CC(=O)NC)C(=O)N(C)CC(=O)O. The third-order valence-corrected chi connectivity index (χ3v) is 1.96. The maximum Gasteiger partial charge on any atom is 0.323 e. The van der Waals surface area contributed by atoms with Crippen molar-refractivity contribution in [2.24, 2.45) is 0 Å². The number of likely N-dealkylation sites (N-methyl/N-ethyl adjacent to an activating group) is 3. The molecule has 0 aliphatic carbocycles. The zero-order chi connectivity index (χ0) is 12.7. The Hall–Kier alpha value is -1.79. The van der Waals surface area contributed by atoms with Crippen LogP contribution in [0.1, 0.15) is 6.92 Å². The quantitative estimate of drug-likeness (QED) is 0.647. The van der Waals surface area contributed by atoms with Gasteiger partial charge in [0.05, 0.1) is 0 Å². The van der Waals surface area contributed by atoms with Gasteiger partial charge in [-0.1, -0.05) is 0 Å². The predicted molar refractivity (Wildman–Crippen MR) is 57.0 cm³/mol. The van der Waals surface area contributed by atoms with E-state index in [1.165, 1.54) is 19.0 Å². The van der Waals surface area contributed by atoms with Crippen LogP contribution in [0.15, 0.2) is 0 Å². The van der Waals surface area contributed by atoms with E-state index in [0.717, 1.165) is 4.90 Å². The number of carbonyl (C=O) groups excluding carboxylic acids is 2. The zero-order valence-corrected chi connectivity index (χ0v) is 9.69. The summed E-state index contributed by atoms with van der Waals surface area (Å²) in [6, 6.07) is -0.478. The van der Waals surface area contributed by atoms with Gasteiger partial charge in [-0.3, -0.25) is 9.59 Å². The molecule has 0 heterocycles. The van der Waals surface area contributed by atoms with Gasteiger partial charge in [-0.25, -0.2) is 4.79 Å². The van der Waals surface area contributed by atoms with E-state index in [1.54, 1.807) is 6.92 Å². The second-order valence-corrected chi connectivity index (χ2v) is 3.22. The number of urea groups is 1. The lowest BCUT2D eigenvalue weighted by atomic mass is 10.4. The number of rotatable bonds is 5. The van der Waals surface area contributed by atoms with Crippen LogP contribution in [0.5, 0.6) is 0 Å². The van der Waals surface area contributed by atoms with Crippen LogP contribution in [-0.4, -0.2) is 66.5 Å². The summed E-state index contributed by atoms with van der Waals surface area (Å²) in [6.07, 6.45) is 0. The van der Waals surface area contributed by atoms with Crippen LogP contribution in [0.4, 0.5) is 4.79 Å². The highest BCUT2D eigenvalue weighted by Crippen LogP contribution is 1.96. The number of hydrogen-bond acceptors (Lipinski definition) is 3. The Morgan fingerprint density at radius 1 is 1.25 bits per heavy atom. The average molecular weight is 231 g/mol. The Morgan fingerprint density at radius 3 is 2.19 bits per heavy atom. The van der Waals surface area contributed by atoms with Gasteiger partial charge in [-0.15, -0.1) is 0 Å². The van der Waals surface area contributed by atoms with E-state index < -0.39 is 12.0 Å². The van der Waals surface area contributed by atoms with E-state index in [-0.39, 0.29) is 19.0 Å². The maximum absolute atomic E-state index is 11.7. The maximum atomic E-state index is 11.7. The number of nitrogens with zero attached hydrogens (tertiary/aromatic N) is 2. The topological polar surface area (TPSA) is 90.0 Å². The molecule has 16 heavy (non-hydrogen) atoms. The van der Waals surface area contributed by atoms with Gasteiger partial charge < -0.3 is 20.2 Å². The second kappa shape index (κ2) is 6.65. The van der Waals surface area contributed by atoms with E-state index in [9.17, 15) is 14.4 Å². The number of amides is 3. The van der Waals surface area contributed by atoms with Crippen LogP contribution in [0.2, 0.25) is 0 Å². The summed E-state index contributed by atoms with van der Waals surface area (Å²) in [4.78, 5) is 35.5. The molecule has 2 N–H and O–H groups in total. The Balaban J connectivity index is 4.40. The Labute approximate surface area is 94.0 Å². The summed E-state index contributed by atoms with van der Waals surface area (Å²) in [6.45, 7) is 1.60. The minimum absolute atomic E-state index is 0.0736. The lowest BCUT2D eigenvalue weighted by Gasteiger charge is -2.25. The van der Waals surface area contributed by atoms with Crippen molar-refractivity contribution in [2.75, 3.05) is 33.7 Å². The highest BCUT2D eigenvalue weighted by molar-refractivity contribution is 5.85. The first kappa shape index (κ1) is 14.2. The summed E-state index contributed by atoms with van der Waals surface area (Å²) in [5.74, 6) is -1.38. The molecule has 0 aromatic heterocycles. The van der Waals surface area contributed by atoms with Gasteiger partial charge in [-0.05, 0) is 6.92 Å². The Kier molecular flexibility index (Phi) is 5.91. The number of hydrogen-bond donors (Lipinski definition) is 2. The van der Waals surface area contributed by atoms with Gasteiger partial charge in [0.1, 0.15) is 13.1 Å². The first-order valence-corrected chi connectivity index (χ1v) is 4.84. The van der Waals surface area contributed by atoms with Gasteiger partial charge in [0.25, 0.3) is 0 Å². The molecule has 0 radical (unpaired) electrons. The molecule has 0 aliphatic heterocycles. The van der Waals surface area contributed by atoms with E-state index in [2.05, 4.69) is 5.32 Å². The molecule has 0 spiro atoms. The number of nitrogens with one attached hydrogen (secondary N) is 1. The van der Waals surface area contributed by atoms with Crippen molar-refractivity contribution in [3.63, 3.8) is 0 Å². The fourth-order valence-corrected chi connectivity index (χ4v) is 1.08. The molecule has 92 valence electrons. The number of aliphatic carboxylic acids is 1. The molecule has 0 saturated carbocycles. The number of carbonyl (C=O) groups is 3. The normalized spacial score (nSPS) is 9.44. The van der Waals surface area contributed by atoms with Crippen molar-refractivity contribution in [3.05, 3.63) is 0 Å². The third kappa shape index (κ3) is 4.63. The van der Waals surface area contributed by atoms with Crippen molar-refractivity contribution < 1.29 is 19.5 Å². The molecular weight excluding hydrogens is 214 g/mol. The van der Waals surface area contributed by atoms with E-state index >= 15 is 0 Å². The molecule has 0 saturated heterocycles. The highest BCUT2D eigenvalue weighted by atomic mass is 16.4. The van der Waals surface area contributed by atoms with Gasteiger partial charge in [0.2, 0.25) is 5.91 Å². The molecule has 0 aliphatic rings. The lowest BCUT2D eigenvalue weighted by Crippen LogP contribution is -2.46. The molecule has 0 bridgehead atoms. The highest BCUT2D eigenvalue weighted by Gasteiger charge is 2.19. The van der Waals surface area contributed by atoms with Crippen LogP contribution < -0.4 is 5.32 Å². The summed E-state index contributed by atoms with van der Waals surface area (Å²) in [5.41, 5.74) is 0. The largest absolute Gasteiger partial charge is 0.480 e. The van der Waals surface area contributed by atoms with Crippen LogP contribution in [-0.2, 0) is 9.59 Å². The number of carboxylic acids is 1. The fourth-order valence-electron chi connectivity index (χ4n) is 1.08. The molecule has 0 aromatic rings. The molecule has 0 rings (SSSR count). The van der Waals surface area contributed by atoms with Crippen molar-refractivity contribution in [3.8, 4) is 0 Å². The zero-order valence-electron chi connectivity index (χ0n) is 9.69. The average Bonchev–Trinajstić information content (AvgIpc) is 2.23. The number of carboxylic acid groups (broad SMARTS) is 1. The summed E-state index contributed by atoms with van der Waals surface area (Å²) < 4.78 is 0. The van der Waals surface area contributed by atoms with Gasteiger partial charge in [0.15, 0.2) is 0 Å². The molecule has 7 nitrogen and oxygen atoms in total. The van der Waals surface area contributed by atoms with Crippen LogP contribution in [0.25, 0.3) is 0 Å². The minimum Gasteiger partial charge on any atom is -0.480 e. The first-order valence-electron chi connectivity index (χ1n) is 4.84. The van der Waals surface area contributed by atoms with E-state index in [1.807, 2.05) is 0 Å². The van der Waals surface area contributed by atoms with Gasteiger partial charge in [0, 0.05) is 20.6 Å². The summed E-state index contributed by atoms with van der Waals surface area (Å²) in [7, 11) is 2.85. The van der Waals surface area contributed by atoms with E-state index in [4.69, 9.17) is 5.11 Å². The first-order chi connectivity index (χ1) is 7.42. The van der Waals surface area contributed by atoms with Crippen molar-refractivity contribution >= 4 is 17.9 Å². The summed E-state index contributed by atoms with van der Waals surface area (Å²) in [5, 5.41) is 10.9. The van der Waals surface area contributed by atoms with Crippen molar-refractivity contribution in [1.82, 2.24) is 15.1 Å². The molecule has 0 unspecified atom stereocenters. The van der Waals surface area contributed by atoms with Crippen molar-refractivity contribution in [2.45, 2.75) is 6.92 Å². The standard InChI is InChI=1S/C9H17N3O4/c1-4-12(5-7(13)10-2)9(16)11(3)6-8(14)15/h4-6H2,1-3H3,(H,10,13)(H,14,15). The molecule has 0 aromatic carbocycles. The van der Waals surface area contributed by atoms with Gasteiger partial charge >= 0.3 is 12.0 Å². The van der Waals surface area contributed by atoms with Crippen LogP contribution in [0, 0.1) is 0 Å². The molecule has 3 amide bonds.